The Morgan fingerprint density at radius 3 is 2.42 bits per heavy atom. The van der Waals surface area contributed by atoms with Gasteiger partial charge in [0.1, 0.15) is 23.7 Å². The number of hydrogen-bond donors (Lipinski definition) is 2. The van der Waals surface area contributed by atoms with Gasteiger partial charge in [0.2, 0.25) is 5.95 Å². The van der Waals surface area contributed by atoms with E-state index in [1.165, 1.54) is 22.3 Å². The molecule has 0 unspecified atom stereocenters. The summed E-state index contributed by atoms with van der Waals surface area (Å²) in [6.45, 7) is 8.60. The third-order valence-corrected chi connectivity index (χ3v) is 12.3. The normalized spacial score (nSPS) is 20.4. The average molecular weight is 802 g/mol. The van der Waals surface area contributed by atoms with E-state index in [9.17, 15) is 18.8 Å². The highest BCUT2D eigenvalue weighted by Crippen LogP contribution is 2.56. The van der Waals surface area contributed by atoms with E-state index in [-0.39, 0.29) is 37.3 Å². The van der Waals surface area contributed by atoms with E-state index in [2.05, 4.69) is 27.6 Å². The van der Waals surface area contributed by atoms with Crippen LogP contribution in [0.3, 0.4) is 0 Å². The number of aromatic amines is 1. The molecule has 1 aliphatic carbocycles. The summed E-state index contributed by atoms with van der Waals surface area (Å²) in [5.41, 5.74) is 3.50. The Morgan fingerprint density at radius 2 is 1.75 bits per heavy atom. The first-order valence-corrected chi connectivity index (χ1v) is 20.0. The molecule has 3 aromatic carbocycles. The number of anilines is 1. The summed E-state index contributed by atoms with van der Waals surface area (Å²) < 4.78 is 34.2. The first kappa shape index (κ1) is 38.2. The molecule has 14 nitrogen and oxygen atoms in total. The van der Waals surface area contributed by atoms with Crippen LogP contribution in [0, 0.1) is 25.6 Å². The van der Waals surface area contributed by atoms with Crippen molar-refractivity contribution in [3.63, 3.8) is 0 Å². The van der Waals surface area contributed by atoms with Crippen molar-refractivity contribution < 1.29 is 28.0 Å². The van der Waals surface area contributed by atoms with Crippen molar-refractivity contribution in [1.82, 2.24) is 29.2 Å². The zero-order valence-corrected chi connectivity index (χ0v) is 33.2. The van der Waals surface area contributed by atoms with Crippen LogP contribution in [0.1, 0.15) is 94.9 Å². The van der Waals surface area contributed by atoms with Crippen molar-refractivity contribution in [3.05, 3.63) is 138 Å². The number of fused-ring (bicyclic) bond motifs is 2. The number of rotatable bonds is 8. The minimum absolute atomic E-state index is 0.00854. The van der Waals surface area contributed by atoms with Crippen LogP contribution in [0.4, 0.5) is 15.1 Å². The fourth-order valence-corrected chi connectivity index (χ4v) is 9.06. The summed E-state index contributed by atoms with van der Waals surface area (Å²) in [6, 6.07) is 19.7. The van der Waals surface area contributed by atoms with E-state index in [4.69, 9.17) is 19.0 Å². The Morgan fingerprint density at radius 1 is 1.02 bits per heavy atom. The average Bonchev–Trinajstić information content (AvgIpc) is 3.50. The number of nitrogens with zero attached hydrogens (tertiary/aromatic N) is 5. The number of aromatic nitrogens is 5. The molecule has 304 valence electrons. The first-order valence-electron chi connectivity index (χ1n) is 20.0. The number of nitrogens with one attached hydrogen (secondary N) is 2. The summed E-state index contributed by atoms with van der Waals surface area (Å²) in [6.07, 6.45) is 1.74. The van der Waals surface area contributed by atoms with E-state index in [1.807, 2.05) is 54.0 Å². The maximum absolute atomic E-state index is 15.1. The molecule has 2 aliphatic heterocycles. The maximum atomic E-state index is 15.1. The van der Waals surface area contributed by atoms with Crippen LogP contribution < -0.4 is 16.6 Å². The molecular formula is C44H44FN7O7. The van der Waals surface area contributed by atoms with Crippen LogP contribution in [0.15, 0.2) is 80.8 Å². The van der Waals surface area contributed by atoms with E-state index < -0.39 is 34.8 Å². The topological polar surface area (TPSA) is 167 Å². The lowest BCUT2D eigenvalue weighted by Crippen LogP contribution is -2.44. The molecule has 2 N–H and O–H groups in total. The molecule has 3 aliphatic rings. The van der Waals surface area contributed by atoms with Crippen molar-refractivity contribution in [1.29, 1.82) is 0 Å². The third kappa shape index (κ3) is 6.62. The summed E-state index contributed by atoms with van der Waals surface area (Å²) in [4.78, 5) is 64.6. The molecule has 9 rings (SSSR count). The molecule has 2 fully saturated rings. The van der Waals surface area contributed by atoms with Crippen LogP contribution in [-0.4, -0.2) is 60.9 Å². The molecule has 0 bridgehead atoms. The van der Waals surface area contributed by atoms with Crippen molar-refractivity contribution in [2.24, 2.45) is 5.92 Å². The fraction of sp³-hybridized carbons (Fsp3) is 0.364. The first-order chi connectivity index (χ1) is 28.4. The van der Waals surface area contributed by atoms with Gasteiger partial charge in [-0.3, -0.25) is 24.4 Å². The summed E-state index contributed by atoms with van der Waals surface area (Å²) in [5, 5.41) is 7.66. The Hall–Kier alpha value is -6.35. The van der Waals surface area contributed by atoms with Gasteiger partial charge in [0, 0.05) is 36.2 Å². The van der Waals surface area contributed by atoms with Crippen molar-refractivity contribution in [2.75, 3.05) is 25.1 Å². The lowest BCUT2D eigenvalue weighted by Gasteiger charge is -2.35. The van der Waals surface area contributed by atoms with Crippen molar-refractivity contribution in [3.8, 4) is 5.69 Å². The number of hydrogen-bond acceptors (Lipinski definition) is 9. The lowest BCUT2D eigenvalue weighted by atomic mass is 9.91. The largest absolute Gasteiger partial charge is 0.444 e. The molecule has 3 aromatic heterocycles. The molecule has 2 amide bonds. The maximum Gasteiger partial charge on any atom is 0.438 e. The minimum Gasteiger partial charge on any atom is -0.444 e. The van der Waals surface area contributed by atoms with E-state index >= 15 is 4.79 Å². The number of aryl methyl sites for hydroxylation is 2. The SMILES string of the molecule is Cc1cc(-n2c(NC(=O)OCc3ccccc3)nc3c(c2=O)CCN(C(=O)c2cc4cc(C5CCOCC5)ccc4n2[C@]2(c4noc(=O)[nH]4)C[C@@H]2C)[C@@H]3C)cc(C)c1F. The van der Waals surface area contributed by atoms with E-state index in [0.29, 0.717) is 65.1 Å². The molecule has 5 heterocycles. The molecule has 1 saturated carbocycles. The van der Waals surface area contributed by atoms with Crippen LogP contribution in [0.25, 0.3) is 16.6 Å². The zero-order valence-electron chi connectivity index (χ0n) is 33.2. The van der Waals surface area contributed by atoms with E-state index in [1.54, 1.807) is 25.7 Å². The Bertz CT molecular complexity index is 2730. The van der Waals surface area contributed by atoms with Crippen LogP contribution in [0.5, 0.6) is 0 Å². The summed E-state index contributed by atoms with van der Waals surface area (Å²) in [5.74, 6) is -0.836. The number of amides is 2. The predicted molar refractivity (Wildman–Crippen MR) is 215 cm³/mol. The van der Waals surface area contributed by atoms with Crippen LogP contribution >= 0.6 is 0 Å². The van der Waals surface area contributed by atoms with Gasteiger partial charge in [-0.2, -0.15) is 0 Å². The van der Waals surface area contributed by atoms with Gasteiger partial charge in [0.15, 0.2) is 5.82 Å². The number of carbonyl (C=O) groups excluding carboxylic acids is 2. The Balaban J connectivity index is 1.12. The third-order valence-electron chi connectivity index (χ3n) is 12.3. The lowest BCUT2D eigenvalue weighted by molar-refractivity contribution is 0.0658. The van der Waals surface area contributed by atoms with Gasteiger partial charge in [-0.25, -0.2) is 23.5 Å². The highest BCUT2D eigenvalue weighted by molar-refractivity contribution is 6.00. The monoisotopic (exact) mass is 801 g/mol. The second-order valence-electron chi connectivity index (χ2n) is 16.0. The van der Waals surface area contributed by atoms with Gasteiger partial charge >= 0.3 is 11.8 Å². The second kappa shape index (κ2) is 14.8. The number of benzene rings is 3. The Labute approximate surface area is 337 Å². The number of halogens is 1. The highest BCUT2D eigenvalue weighted by Gasteiger charge is 2.59. The molecule has 1 saturated heterocycles. The Kier molecular flexibility index (Phi) is 9.57. The number of carbonyl (C=O) groups is 2. The molecule has 15 heteroatoms. The molecule has 3 atom stereocenters. The molecule has 0 spiro atoms. The van der Waals surface area contributed by atoms with Crippen molar-refractivity contribution in [2.45, 2.75) is 77.5 Å². The van der Waals surface area contributed by atoms with Crippen molar-refractivity contribution >= 4 is 28.9 Å². The minimum atomic E-state index is -0.846. The molecular weight excluding hydrogens is 758 g/mol. The standard InChI is InChI=1S/C44H44FN7O7/c1-24-18-32(19-25(2)36(24)45)51-38(53)33-12-15-50(27(4)37(33)46-41(51)48-42(55)58-23-28-8-6-5-7-9-28)39(54)35-21-31-20-30(29-13-16-57-17-14-29)10-11-34(31)52(35)44(22-26(44)3)40-47-43(56)59-49-40/h5-11,18-21,26-27,29H,12-17,22-23H2,1-4H3,(H,46,48,55)(H,47,49,56)/t26-,27+,44+/m0/s1. The van der Waals surface area contributed by atoms with Gasteiger partial charge in [-0.15, -0.1) is 0 Å². The van der Waals surface area contributed by atoms with Gasteiger partial charge in [0.05, 0.1) is 17.4 Å². The summed E-state index contributed by atoms with van der Waals surface area (Å²) in [7, 11) is 0. The highest BCUT2D eigenvalue weighted by atomic mass is 19.1. The molecule has 6 aromatic rings. The van der Waals surface area contributed by atoms with Gasteiger partial charge in [-0.05, 0) is 111 Å². The number of ether oxygens (including phenoxy) is 2. The van der Waals surface area contributed by atoms with Gasteiger partial charge in [0.25, 0.3) is 11.5 Å². The van der Waals surface area contributed by atoms with Crippen LogP contribution in [-0.2, 0) is 28.0 Å². The molecule has 0 radical (unpaired) electrons. The number of H-pyrrole nitrogens is 1. The zero-order chi connectivity index (χ0) is 41.2. The summed E-state index contributed by atoms with van der Waals surface area (Å²) >= 11 is 0. The fourth-order valence-electron chi connectivity index (χ4n) is 9.06. The predicted octanol–water partition coefficient (Wildman–Crippen LogP) is 6.81. The van der Waals surface area contributed by atoms with E-state index in [0.717, 1.165) is 29.3 Å². The van der Waals surface area contributed by atoms with Crippen LogP contribution in [0.2, 0.25) is 0 Å². The smallest absolute Gasteiger partial charge is 0.438 e. The quantitative estimate of drug-likeness (QED) is 0.168. The van der Waals surface area contributed by atoms with Gasteiger partial charge in [-0.1, -0.05) is 48.5 Å². The second-order valence-corrected chi connectivity index (χ2v) is 16.0. The van der Waals surface area contributed by atoms with Gasteiger partial charge < -0.3 is 18.9 Å². The molecule has 59 heavy (non-hydrogen) atoms.